The SMILES string of the molecule is NC1=NS(=O)(=O)Nc2cccc(OC[C@H]3CCCN(C(=O)c4nccc5ccccc45)C3)c21. The van der Waals surface area contributed by atoms with Crippen LogP contribution in [0.5, 0.6) is 5.75 Å². The molecule has 1 aromatic heterocycles. The van der Waals surface area contributed by atoms with E-state index >= 15 is 0 Å². The smallest absolute Gasteiger partial charge is 0.344 e. The van der Waals surface area contributed by atoms with Crippen LogP contribution in [0.3, 0.4) is 0 Å². The Kier molecular flexibility index (Phi) is 5.37. The van der Waals surface area contributed by atoms with Gasteiger partial charge in [-0.2, -0.15) is 8.42 Å². The number of nitrogens with zero attached hydrogens (tertiary/aromatic N) is 3. The van der Waals surface area contributed by atoms with Crippen molar-refractivity contribution in [2.75, 3.05) is 24.4 Å². The van der Waals surface area contributed by atoms with Crippen LogP contribution in [0.1, 0.15) is 28.9 Å². The highest BCUT2D eigenvalue weighted by Crippen LogP contribution is 2.31. The Morgan fingerprint density at radius 2 is 2.03 bits per heavy atom. The second-order valence-corrected chi connectivity index (χ2v) is 9.52. The lowest BCUT2D eigenvalue weighted by atomic mass is 9.98. The van der Waals surface area contributed by atoms with E-state index in [4.69, 9.17) is 10.5 Å². The molecule has 2 aromatic carbocycles. The summed E-state index contributed by atoms with van der Waals surface area (Å²) in [4.78, 5) is 19.4. The number of likely N-dealkylation sites (tertiary alicyclic amines) is 1. The number of nitrogens with two attached hydrogens (primary N) is 1. The maximum atomic E-state index is 13.3. The Morgan fingerprint density at radius 1 is 1.18 bits per heavy atom. The molecule has 0 unspecified atom stereocenters. The Bertz CT molecular complexity index is 1370. The Hall–Kier alpha value is -3.66. The number of benzene rings is 2. The summed E-state index contributed by atoms with van der Waals surface area (Å²) in [6.07, 6.45) is 3.44. The first-order valence-corrected chi connectivity index (χ1v) is 12.1. The topological polar surface area (TPSA) is 127 Å². The zero-order valence-corrected chi connectivity index (χ0v) is 18.6. The molecule has 1 amide bonds. The van der Waals surface area contributed by atoms with Gasteiger partial charge in [0.05, 0.1) is 17.9 Å². The summed E-state index contributed by atoms with van der Waals surface area (Å²) in [6.45, 7) is 1.58. The average molecular weight is 466 g/mol. The molecule has 2 aliphatic heterocycles. The van der Waals surface area contributed by atoms with Gasteiger partial charge in [0.15, 0.2) is 5.84 Å². The van der Waals surface area contributed by atoms with E-state index in [9.17, 15) is 13.2 Å². The van der Waals surface area contributed by atoms with Crippen LogP contribution in [-0.2, 0) is 10.2 Å². The van der Waals surface area contributed by atoms with Gasteiger partial charge in [-0.25, -0.2) is 0 Å². The van der Waals surface area contributed by atoms with Crippen molar-refractivity contribution >= 4 is 38.4 Å². The van der Waals surface area contributed by atoms with Gasteiger partial charge in [0.25, 0.3) is 5.91 Å². The average Bonchev–Trinajstić information content (AvgIpc) is 2.81. The standard InChI is InChI=1S/C23H23N5O4S/c24-22-20-18(26-33(30,31)27-22)8-3-9-19(20)32-14-15-5-4-12-28(13-15)23(29)21-17-7-2-1-6-16(17)10-11-25-21/h1-3,6-11,15,26H,4-5,12-14H2,(H2,24,27)/t15-/m0/s1. The third-order valence-electron chi connectivity index (χ3n) is 5.90. The van der Waals surface area contributed by atoms with Crippen molar-refractivity contribution in [3.05, 3.63) is 66.0 Å². The number of carbonyl (C=O) groups is 1. The number of aromatic nitrogens is 1. The largest absolute Gasteiger partial charge is 0.492 e. The van der Waals surface area contributed by atoms with E-state index < -0.39 is 10.2 Å². The molecule has 10 heteroatoms. The predicted molar refractivity (Wildman–Crippen MR) is 126 cm³/mol. The van der Waals surface area contributed by atoms with Gasteiger partial charge >= 0.3 is 10.2 Å². The molecule has 0 saturated carbocycles. The predicted octanol–water partition coefficient (Wildman–Crippen LogP) is 2.54. The highest BCUT2D eigenvalue weighted by molar-refractivity contribution is 7.91. The number of anilines is 1. The maximum absolute atomic E-state index is 13.3. The molecule has 9 nitrogen and oxygen atoms in total. The Balaban J connectivity index is 1.31. The summed E-state index contributed by atoms with van der Waals surface area (Å²) in [6, 6.07) is 14.7. The Labute approximate surface area is 191 Å². The fourth-order valence-electron chi connectivity index (χ4n) is 4.37. The van der Waals surface area contributed by atoms with Gasteiger partial charge in [-0.1, -0.05) is 30.3 Å². The van der Waals surface area contributed by atoms with E-state index in [0.717, 1.165) is 23.6 Å². The minimum absolute atomic E-state index is 0.0839. The first-order chi connectivity index (χ1) is 15.9. The summed E-state index contributed by atoms with van der Waals surface area (Å²) >= 11 is 0. The molecule has 1 fully saturated rings. The monoisotopic (exact) mass is 465 g/mol. The van der Waals surface area contributed by atoms with Crippen molar-refractivity contribution < 1.29 is 17.9 Å². The molecule has 1 atom stereocenters. The molecule has 3 N–H and O–H groups in total. The Morgan fingerprint density at radius 3 is 2.91 bits per heavy atom. The molecule has 0 bridgehead atoms. The van der Waals surface area contributed by atoms with Gasteiger partial charge < -0.3 is 15.4 Å². The number of pyridine rings is 1. The molecule has 2 aliphatic rings. The zero-order valence-electron chi connectivity index (χ0n) is 17.8. The van der Waals surface area contributed by atoms with Crippen LogP contribution < -0.4 is 15.2 Å². The summed E-state index contributed by atoms with van der Waals surface area (Å²) in [5.74, 6) is 0.378. The van der Waals surface area contributed by atoms with Crippen molar-refractivity contribution in [3.8, 4) is 5.75 Å². The van der Waals surface area contributed by atoms with Crippen molar-refractivity contribution in [2.45, 2.75) is 12.8 Å². The second kappa shape index (κ2) is 8.36. The number of hydrogen-bond acceptors (Lipinski definition) is 6. The zero-order chi connectivity index (χ0) is 23.0. The van der Waals surface area contributed by atoms with Crippen LogP contribution in [0.2, 0.25) is 0 Å². The number of ether oxygens (including phenoxy) is 1. The van der Waals surface area contributed by atoms with Crippen molar-refractivity contribution in [3.63, 3.8) is 0 Å². The number of amides is 1. The van der Waals surface area contributed by atoms with E-state index in [1.807, 2.05) is 35.2 Å². The molecule has 0 aliphatic carbocycles. The molecule has 33 heavy (non-hydrogen) atoms. The summed E-state index contributed by atoms with van der Waals surface area (Å²) in [5, 5.41) is 1.83. The molecular weight excluding hydrogens is 442 g/mol. The molecular formula is C23H23N5O4S. The molecule has 170 valence electrons. The summed E-state index contributed by atoms with van der Waals surface area (Å²) < 4.78 is 35.5. The fourth-order valence-corrected chi connectivity index (χ4v) is 5.21. The number of amidine groups is 1. The quantitative estimate of drug-likeness (QED) is 0.610. The highest BCUT2D eigenvalue weighted by Gasteiger charge is 2.28. The van der Waals surface area contributed by atoms with E-state index in [2.05, 4.69) is 14.1 Å². The van der Waals surface area contributed by atoms with Crippen LogP contribution in [0.15, 0.2) is 59.1 Å². The number of carbonyl (C=O) groups excluding carboxylic acids is 1. The van der Waals surface area contributed by atoms with Crippen molar-refractivity contribution in [1.82, 2.24) is 9.88 Å². The number of piperidine rings is 1. The maximum Gasteiger partial charge on any atom is 0.344 e. The van der Waals surface area contributed by atoms with Gasteiger partial charge in [0, 0.05) is 30.6 Å². The van der Waals surface area contributed by atoms with Crippen LogP contribution in [0.25, 0.3) is 10.8 Å². The third-order valence-corrected chi connectivity index (χ3v) is 6.81. The normalized spacial score (nSPS) is 19.3. The second-order valence-electron chi connectivity index (χ2n) is 8.18. The molecule has 5 rings (SSSR count). The lowest BCUT2D eigenvalue weighted by Gasteiger charge is -2.33. The van der Waals surface area contributed by atoms with E-state index in [1.54, 1.807) is 24.4 Å². The number of rotatable bonds is 4. The lowest BCUT2D eigenvalue weighted by Crippen LogP contribution is -2.42. The van der Waals surface area contributed by atoms with Gasteiger partial charge in [-0.15, -0.1) is 4.40 Å². The first-order valence-electron chi connectivity index (χ1n) is 10.7. The lowest BCUT2D eigenvalue weighted by molar-refractivity contribution is 0.0629. The van der Waals surface area contributed by atoms with Crippen molar-refractivity contribution in [1.29, 1.82) is 0 Å². The number of fused-ring (bicyclic) bond motifs is 2. The van der Waals surface area contributed by atoms with E-state index in [1.165, 1.54) is 0 Å². The molecule has 0 radical (unpaired) electrons. The molecule has 3 heterocycles. The summed E-state index contributed by atoms with van der Waals surface area (Å²) in [7, 11) is -3.85. The van der Waals surface area contributed by atoms with Crippen LogP contribution in [0, 0.1) is 5.92 Å². The minimum atomic E-state index is -3.85. The van der Waals surface area contributed by atoms with Crippen molar-refractivity contribution in [2.24, 2.45) is 16.0 Å². The van der Waals surface area contributed by atoms with Gasteiger partial charge in [-0.05, 0) is 36.4 Å². The summed E-state index contributed by atoms with van der Waals surface area (Å²) in [5.41, 5.74) is 7.12. The molecule has 0 spiro atoms. The van der Waals surface area contributed by atoms with Gasteiger partial charge in [0.2, 0.25) is 0 Å². The van der Waals surface area contributed by atoms with Gasteiger partial charge in [-0.3, -0.25) is 14.5 Å². The highest BCUT2D eigenvalue weighted by atomic mass is 32.2. The van der Waals surface area contributed by atoms with E-state index in [0.29, 0.717) is 42.4 Å². The fraction of sp³-hybridized carbons (Fsp3) is 0.261. The number of nitrogens with one attached hydrogen (secondary N) is 1. The van der Waals surface area contributed by atoms with Gasteiger partial charge in [0.1, 0.15) is 11.4 Å². The number of hydrogen-bond donors (Lipinski definition) is 2. The minimum Gasteiger partial charge on any atom is -0.492 e. The molecule has 3 aromatic rings. The van der Waals surface area contributed by atoms with Crippen LogP contribution in [-0.4, -0.2) is 49.7 Å². The third kappa shape index (κ3) is 4.21. The first kappa shape index (κ1) is 21.2. The molecule has 1 saturated heterocycles. The van der Waals surface area contributed by atoms with Crippen LogP contribution >= 0.6 is 0 Å². The van der Waals surface area contributed by atoms with E-state index in [-0.39, 0.29) is 17.7 Å². The van der Waals surface area contributed by atoms with Crippen LogP contribution in [0.4, 0.5) is 5.69 Å².